The quantitative estimate of drug-likeness (QED) is 0.767. The topological polar surface area (TPSA) is 42.4 Å². The van der Waals surface area contributed by atoms with Gasteiger partial charge in [0.25, 0.3) is 0 Å². The van der Waals surface area contributed by atoms with E-state index in [0.29, 0.717) is 10.3 Å². The first kappa shape index (κ1) is 12.3. The van der Waals surface area contributed by atoms with Crippen molar-refractivity contribution in [3.05, 3.63) is 10.5 Å². The van der Waals surface area contributed by atoms with Gasteiger partial charge in [-0.2, -0.15) is 0 Å². The number of amides is 1. The third-order valence-corrected chi connectivity index (χ3v) is 2.66. The molecule has 6 heteroatoms. The number of hydrogen-bond donors (Lipinski definition) is 0. The van der Waals surface area contributed by atoms with Crippen LogP contribution in [0, 0.1) is 0 Å². The fourth-order valence-electron chi connectivity index (χ4n) is 0.808. The Kier molecular flexibility index (Phi) is 3.57. The molecule has 15 heavy (non-hydrogen) atoms. The SMILES string of the molecule is CN(C(=O)OC(C)(C)C)c1nc(Cl)cs1. The molecule has 1 rings (SSSR count). The average molecular weight is 249 g/mol. The molecule has 0 fully saturated rings. The molecule has 0 atom stereocenters. The third kappa shape index (κ3) is 3.68. The average Bonchev–Trinajstić information content (AvgIpc) is 2.47. The molecule has 0 saturated heterocycles. The maximum Gasteiger partial charge on any atom is 0.416 e. The fourth-order valence-corrected chi connectivity index (χ4v) is 1.71. The van der Waals surface area contributed by atoms with Crippen molar-refractivity contribution in [2.45, 2.75) is 26.4 Å². The number of carbonyl (C=O) groups is 1. The van der Waals surface area contributed by atoms with Crippen LogP contribution >= 0.6 is 22.9 Å². The molecule has 0 aliphatic heterocycles. The fraction of sp³-hybridized carbons (Fsp3) is 0.556. The van der Waals surface area contributed by atoms with Crippen LogP contribution in [0.15, 0.2) is 5.38 Å². The maximum absolute atomic E-state index is 11.6. The molecule has 0 N–H and O–H groups in total. The van der Waals surface area contributed by atoms with Crippen LogP contribution < -0.4 is 4.90 Å². The van der Waals surface area contributed by atoms with Gasteiger partial charge in [-0.3, -0.25) is 4.90 Å². The van der Waals surface area contributed by atoms with Crippen molar-refractivity contribution in [1.29, 1.82) is 0 Å². The highest BCUT2D eigenvalue weighted by Crippen LogP contribution is 2.23. The number of carbonyl (C=O) groups excluding carboxylic acids is 1. The number of nitrogens with zero attached hydrogens (tertiary/aromatic N) is 2. The number of aromatic nitrogens is 1. The number of halogens is 1. The predicted octanol–water partition coefficient (Wildman–Crippen LogP) is 3.17. The van der Waals surface area contributed by atoms with Gasteiger partial charge in [-0.1, -0.05) is 11.6 Å². The second kappa shape index (κ2) is 4.37. The monoisotopic (exact) mass is 248 g/mol. The first-order valence-corrected chi connectivity index (χ1v) is 5.63. The van der Waals surface area contributed by atoms with Gasteiger partial charge in [-0.15, -0.1) is 11.3 Å². The van der Waals surface area contributed by atoms with Crippen LogP contribution in [0.2, 0.25) is 5.15 Å². The first-order chi connectivity index (χ1) is 6.79. The number of rotatable bonds is 1. The molecule has 1 amide bonds. The zero-order valence-corrected chi connectivity index (χ0v) is 10.6. The van der Waals surface area contributed by atoms with E-state index in [1.54, 1.807) is 12.4 Å². The lowest BCUT2D eigenvalue weighted by Crippen LogP contribution is -2.34. The minimum atomic E-state index is -0.508. The van der Waals surface area contributed by atoms with E-state index in [0.717, 1.165) is 0 Å². The van der Waals surface area contributed by atoms with Crippen LogP contribution in [0.25, 0.3) is 0 Å². The van der Waals surface area contributed by atoms with Gasteiger partial charge >= 0.3 is 6.09 Å². The Morgan fingerprint density at radius 2 is 2.20 bits per heavy atom. The molecule has 0 bridgehead atoms. The molecule has 1 aromatic heterocycles. The van der Waals surface area contributed by atoms with Gasteiger partial charge in [-0.05, 0) is 20.8 Å². The van der Waals surface area contributed by atoms with Gasteiger partial charge in [0, 0.05) is 12.4 Å². The molecule has 84 valence electrons. The molecule has 0 spiro atoms. The van der Waals surface area contributed by atoms with Crippen LogP contribution in [0.1, 0.15) is 20.8 Å². The van der Waals surface area contributed by atoms with Crippen molar-refractivity contribution in [2.75, 3.05) is 11.9 Å². The molecule has 0 radical (unpaired) electrons. The van der Waals surface area contributed by atoms with E-state index < -0.39 is 11.7 Å². The van der Waals surface area contributed by atoms with E-state index >= 15 is 0 Å². The van der Waals surface area contributed by atoms with E-state index in [9.17, 15) is 4.79 Å². The Hall–Kier alpha value is -0.810. The van der Waals surface area contributed by atoms with Gasteiger partial charge in [0.05, 0.1) is 0 Å². The summed E-state index contributed by atoms with van der Waals surface area (Å²) in [6, 6.07) is 0. The molecule has 0 unspecified atom stereocenters. The summed E-state index contributed by atoms with van der Waals surface area (Å²) in [5, 5.41) is 2.57. The molecule has 1 aromatic rings. The number of hydrogen-bond acceptors (Lipinski definition) is 4. The van der Waals surface area contributed by atoms with E-state index in [2.05, 4.69) is 4.98 Å². The molecule has 0 aromatic carbocycles. The zero-order chi connectivity index (χ0) is 11.6. The van der Waals surface area contributed by atoms with E-state index in [1.807, 2.05) is 20.8 Å². The van der Waals surface area contributed by atoms with Crippen molar-refractivity contribution in [2.24, 2.45) is 0 Å². The summed E-state index contributed by atoms with van der Waals surface area (Å²) in [7, 11) is 1.60. The highest BCUT2D eigenvalue weighted by Gasteiger charge is 2.22. The van der Waals surface area contributed by atoms with Crippen molar-refractivity contribution < 1.29 is 9.53 Å². The third-order valence-electron chi connectivity index (χ3n) is 1.42. The summed E-state index contributed by atoms with van der Waals surface area (Å²) < 4.78 is 5.17. The Morgan fingerprint density at radius 1 is 1.60 bits per heavy atom. The number of ether oxygens (including phenoxy) is 1. The number of anilines is 1. The summed E-state index contributed by atoms with van der Waals surface area (Å²) in [5.74, 6) is 0. The highest BCUT2D eigenvalue weighted by atomic mass is 35.5. The summed E-state index contributed by atoms with van der Waals surface area (Å²) >= 11 is 6.96. The van der Waals surface area contributed by atoms with Gasteiger partial charge in [0.2, 0.25) is 0 Å². The molecule has 0 aliphatic carbocycles. The van der Waals surface area contributed by atoms with Crippen LogP contribution in [0.5, 0.6) is 0 Å². The predicted molar refractivity (Wildman–Crippen MR) is 61.8 cm³/mol. The first-order valence-electron chi connectivity index (χ1n) is 4.37. The van der Waals surface area contributed by atoms with Crippen LogP contribution in [0.4, 0.5) is 9.93 Å². The van der Waals surface area contributed by atoms with Crippen molar-refractivity contribution in [1.82, 2.24) is 4.98 Å². The Balaban J connectivity index is 2.69. The summed E-state index contributed by atoms with van der Waals surface area (Å²) in [5.41, 5.74) is -0.508. The second-order valence-corrected chi connectivity index (χ2v) is 5.22. The lowest BCUT2D eigenvalue weighted by molar-refractivity contribution is 0.0589. The van der Waals surface area contributed by atoms with E-state index in [1.165, 1.54) is 16.2 Å². The van der Waals surface area contributed by atoms with Crippen molar-refractivity contribution >= 4 is 34.2 Å². The van der Waals surface area contributed by atoms with Crippen molar-refractivity contribution in [3.63, 3.8) is 0 Å². The second-order valence-electron chi connectivity index (χ2n) is 3.99. The maximum atomic E-state index is 11.6. The Labute approximate surface area is 97.8 Å². The van der Waals surface area contributed by atoms with E-state index in [-0.39, 0.29) is 0 Å². The standard InChI is InChI=1S/C9H13ClN2O2S/c1-9(2,3)14-8(13)12(4)7-11-6(10)5-15-7/h5H,1-4H3. The smallest absolute Gasteiger partial charge is 0.416 e. The summed E-state index contributed by atoms with van der Waals surface area (Å²) in [4.78, 5) is 16.9. The van der Waals surface area contributed by atoms with Gasteiger partial charge in [0.15, 0.2) is 5.13 Å². The normalized spacial score (nSPS) is 11.3. The molecule has 4 nitrogen and oxygen atoms in total. The Morgan fingerprint density at radius 3 is 2.60 bits per heavy atom. The van der Waals surface area contributed by atoms with E-state index in [4.69, 9.17) is 16.3 Å². The highest BCUT2D eigenvalue weighted by molar-refractivity contribution is 7.14. The molecule has 0 aliphatic rings. The Bertz CT molecular complexity index is 359. The minimum absolute atomic E-state index is 0.380. The van der Waals surface area contributed by atoms with Gasteiger partial charge in [0.1, 0.15) is 10.8 Å². The minimum Gasteiger partial charge on any atom is -0.443 e. The van der Waals surface area contributed by atoms with Gasteiger partial charge in [-0.25, -0.2) is 9.78 Å². The lowest BCUT2D eigenvalue weighted by atomic mass is 10.2. The summed E-state index contributed by atoms with van der Waals surface area (Å²) in [6.45, 7) is 5.44. The number of thiazole rings is 1. The largest absolute Gasteiger partial charge is 0.443 e. The van der Waals surface area contributed by atoms with Crippen LogP contribution in [-0.2, 0) is 4.74 Å². The molecular weight excluding hydrogens is 236 g/mol. The van der Waals surface area contributed by atoms with Crippen LogP contribution in [-0.4, -0.2) is 23.7 Å². The molecule has 1 heterocycles. The van der Waals surface area contributed by atoms with Crippen LogP contribution in [0.3, 0.4) is 0 Å². The van der Waals surface area contributed by atoms with Gasteiger partial charge < -0.3 is 4.74 Å². The van der Waals surface area contributed by atoms with Crippen molar-refractivity contribution in [3.8, 4) is 0 Å². The molecular formula is C9H13ClN2O2S. The lowest BCUT2D eigenvalue weighted by Gasteiger charge is -2.23. The summed E-state index contributed by atoms with van der Waals surface area (Å²) in [6.07, 6.45) is -0.437. The molecule has 0 saturated carbocycles. The zero-order valence-electron chi connectivity index (χ0n) is 9.07.